The fourth-order valence-electron chi connectivity index (χ4n) is 1.43. The second-order valence-corrected chi connectivity index (χ2v) is 4.86. The van der Waals surface area contributed by atoms with Gasteiger partial charge in [0, 0.05) is 19.5 Å². The molecule has 0 saturated carbocycles. The molecule has 6 nitrogen and oxygen atoms in total. The Labute approximate surface area is 101 Å². The van der Waals surface area contributed by atoms with E-state index in [1.54, 1.807) is 14.1 Å². The predicted octanol–water partition coefficient (Wildman–Crippen LogP) is 0.787. The molecule has 0 aliphatic rings. The van der Waals surface area contributed by atoms with Crippen molar-refractivity contribution in [1.82, 2.24) is 14.9 Å². The van der Waals surface area contributed by atoms with Crippen LogP contribution >= 0.6 is 0 Å². The van der Waals surface area contributed by atoms with Crippen molar-refractivity contribution in [1.29, 1.82) is 0 Å². The number of aromatic nitrogens is 3. The van der Waals surface area contributed by atoms with Gasteiger partial charge in [0.25, 0.3) is 5.56 Å². The predicted molar refractivity (Wildman–Crippen MR) is 69.0 cm³/mol. The van der Waals surface area contributed by atoms with Gasteiger partial charge in [0.1, 0.15) is 5.69 Å². The van der Waals surface area contributed by atoms with E-state index in [4.69, 9.17) is 0 Å². The lowest BCUT2D eigenvalue weighted by molar-refractivity contribution is 0.352. The Balaban J connectivity index is 3.44. The third-order valence-electron chi connectivity index (χ3n) is 3.36. The SMILES string of the molecule is CNc1nnc(C(C)(C)C(C)C)c(=O)n1NC. The average Bonchev–Trinajstić information content (AvgIpc) is 2.27. The first-order valence-electron chi connectivity index (χ1n) is 5.72. The highest BCUT2D eigenvalue weighted by Crippen LogP contribution is 2.27. The van der Waals surface area contributed by atoms with E-state index < -0.39 is 0 Å². The summed E-state index contributed by atoms with van der Waals surface area (Å²) in [4.78, 5) is 12.3. The van der Waals surface area contributed by atoms with Crippen molar-refractivity contribution < 1.29 is 0 Å². The van der Waals surface area contributed by atoms with Gasteiger partial charge in [-0.2, -0.15) is 4.68 Å². The van der Waals surface area contributed by atoms with Crippen molar-refractivity contribution >= 4 is 5.95 Å². The molecule has 1 aromatic rings. The summed E-state index contributed by atoms with van der Waals surface area (Å²) in [7, 11) is 3.38. The molecule has 0 spiro atoms. The molecule has 96 valence electrons. The van der Waals surface area contributed by atoms with Gasteiger partial charge in [-0.3, -0.25) is 4.79 Å². The van der Waals surface area contributed by atoms with E-state index in [-0.39, 0.29) is 11.0 Å². The van der Waals surface area contributed by atoms with Crippen LogP contribution in [0.25, 0.3) is 0 Å². The summed E-state index contributed by atoms with van der Waals surface area (Å²) in [6.07, 6.45) is 0. The van der Waals surface area contributed by atoms with Gasteiger partial charge in [-0.25, -0.2) is 0 Å². The van der Waals surface area contributed by atoms with Gasteiger partial charge in [0.2, 0.25) is 5.95 Å². The van der Waals surface area contributed by atoms with Gasteiger partial charge < -0.3 is 10.7 Å². The maximum atomic E-state index is 12.3. The smallest absolute Gasteiger partial charge is 0.296 e. The van der Waals surface area contributed by atoms with Crippen LogP contribution < -0.4 is 16.3 Å². The fraction of sp³-hybridized carbons (Fsp3) is 0.727. The Bertz CT molecular complexity index is 450. The van der Waals surface area contributed by atoms with Crippen LogP contribution in [0, 0.1) is 5.92 Å². The molecule has 0 bridgehead atoms. The zero-order chi connectivity index (χ0) is 13.2. The Morgan fingerprint density at radius 2 is 1.82 bits per heavy atom. The molecular formula is C11H21N5O. The van der Waals surface area contributed by atoms with Gasteiger partial charge in [0.15, 0.2) is 0 Å². The third kappa shape index (κ3) is 2.25. The van der Waals surface area contributed by atoms with Crippen molar-refractivity contribution in [2.45, 2.75) is 33.1 Å². The number of hydrogen-bond acceptors (Lipinski definition) is 5. The number of rotatable bonds is 4. The molecule has 0 unspecified atom stereocenters. The summed E-state index contributed by atoms with van der Waals surface area (Å²) in [6.45, 7) is 8.14. The quantitative estimate of drug-likeness (QED) is 0.812. The van der Waals surface area contributed by atoms with Crippen LogP contribution in [-0.2, 0) is 5.41 Å². The van der Waals surface area contributed by atoms with Crippen LogP contribution in [0.4, 0.5) is 5.95 Å². The second kappa shape index (κ2) is 4.73. The Morgan fingerprint density at radius 1 is 1.24 bits per heavy atom. The first kappa shape index (κ1) is 13.5. The summed E-state index contributed by atoms with van der Waals surface area (Å²) in [5.41, 5.74) is 2.81. The summed E-state index contributed by atoms with van der Waals surface area (Å²) >= 11 is 0. The molecule has 0 radical (unpaired) electrons. The molecule has 1 rings (SSSR count). The zero-order valence-electron chi connectivity index (χ0n) is 11.3. The van der Waals surface area contributed by atoms with Gasteiger partial charge in [-0.1, -0.05) is 27.7 Å². The normalized spacial score (nSPS) is 11.7. The highest BCUT2D eigenvalue weighted by Gasteiger charge is 2.31. The van der Waals surface area contributed by atoms with Gasteiger partial charge >= 0.3 is 0 Å². The maximum Gasteiger partial charge on any atom is 0.296 e. The van der Waals surface area contributed by atoms with Gasteiger partial charge in [0.05, 0.1) is 0 Å². The van der Waals surface area contributed by atoms with Crippen LogP contribution in [0.1, 0.15) is 33.4 Å². The van der Waals surface area contributed by atoms with E-state index in [0.29, 0.717) is 17.6 Å². The highest BCUT2D eigenvalue weighted by atomic mass is 16.1. The highest BCUT2D eigenvalue weighted by molar-refractivity contribution is 5.26. The average molecular weight is 239 g/mol. The van der Waals surface area contributed by atoms with E-state index in [2.05, 4.69) is 34.8 Å². The van der Waals surface area contributed by atoms with Crippen molar-refractivity contribution in [3.63, 3.8) is 0 Å². The molecule has 0 aromatic carbocycles. The molecule has 0 aliphatic heterocycles. The summed E-state index contributed by atoms with van der Waals surface area (Å²) < 4.78 is 1.37. The lowest BCUT2D eigenvalue weighted by Gasteiger charge is -2.27. The van der Waals surface area contributed by atoms with Gasteiger partial charge in [-0.15, -0.1) is 10.2 Å². The molecule has 0 fully saturated rings. The Hall–Kier alpha value is -1.59. The van der Waals surface area contributed by atoms with Crippen molar-refractivity contribution in [2.75, 3.05) is 24.8 Å². The Kier molecular flexibility index (Phi) is 3.75. The minimum absolute atomic E-state index is 0.162. The molecule has 6 heteroatoms. The molecule has 0 aliphatic carbocycles. The van der Waals surface area contributed by atoms with Crippen LogP contribution in [-0.4, -0.2) is 29.0 Å². The molecule has 0 atom stereocenters. The minimum atomic E-state index is -0.311. The van der Waals surface area contributed by atoms with Gasteiger partial charge in [-0.05, 0) is 5.92 Å². The van der Waals surface area contributed by atoms with Crippen molar-refractivity contribution in [2.24, 2.45) is 5.92 Å². The first-order chi connectivity index (χ1) is 7.86. The van der Waals surface area contributed by atoms with E-state index in [1.807, 2.05) is 13.8 Å². The fourth-order valence-corrected chi connectivity index (χ4v) is 1.43. The maximum absolute atomic E-state index is 12.3. The largest absolute Gasteiger partial charge is 0.356 e. The molecule has 1 aromatic heterocycles. The number of nitrogens with one attached hydrogen (secondary N) is 2. The first-order valence-corrected chi connectivity index (χ1v) is 5.72. The number of anilines is 1. The summed E-state index contributed by atoms with van der Waals surface area (Å²) in [5, 5.41) is 10.9. The van der Waals surface area contributed by atoms with E-state index in [9.17, 15) is 4.79 Å². The minimum Gasteiger partial charge on any atom is -0.356 e. The van der Waals surface area contributed by atoms with Crippen LogP contribution in [0.5, 0.6) is 0 Å². The lowest BCUT2D eigenvalue weighted by atomic mass is 9.78. The van der Waals surface area contributed by atoms with Crippen LogP contribution in [0.3, 0.4) is 0 Å². The van der Waals surface area contributed by atoms with E-state index in [1.165, 1.54) is 4.68 Å². The second-order valence-electron chi connectivity index (χ2n) is 4.86. The summed E-state index contributed by atoms with van der Waals surface area (Å²) in [5.74, 6) is 0.705. The number of hydrogen-bond donors (Lipinski definition) is 2. The molecule has 1 heterocycles. The molecule has 17 heavy (non-hydrogen) atoms. The molecule has 0 amide bonds. The van der Waals surface area contributed by atoms with Crippen LogP contribution in [0.2, 0.25) is 0 Å². The molecule has 0 saturated heterocycles. The number of nitrogens with zero attached hydrogens (tertiary/aromatic N) is 3. The van der Waals surface area contributed by atoms with Crippen molar-refractivity contribution in [3.05, 3.63) is 16.0 Å². The topological polar surface area (TPSA) is 71.8 Å². The lowest BCUT2D eigenvalue weighted by Crippen LogP contribution is -2.40. The zero-order valence-corrected chi connectivity index (χ0v) is 11.3. The standard InChI is InChI=1S/C11H21N5O/c1-7(2)11(3,4)8-9(17)16(13-6)10(12-5)15-14-8/h7,13H,1-6H3,(H,12,15). The monoisotopic (exact) mass is 239 g/mol. The molecular weight excluding hydrogens is 218 g/mol. The molecule has 2 N–H and O–H groups in total. The summed E-state index contributed by atoms with van der Waals surface area (Å²) in [6, 6.07) is 0. The van der Waals surface area contributed by atoms with E-state index >= 15 is 0 Å². The third-order valence-corrected chi connectivity index (χ3v) is 3.36. The van der Waals surface area contributed by atoms with Crippen LogP contribution in [0.15, 0.2) is 4.79 Å². The van der Waals surface area contributed by atoms with Crippen molar-refractivity contribution in [3.8, 4) is 0 Å². The van der Waals surface area contributed by atoms with E-state index in [0.717, 1.165) is 0 Å². The Morgan fingerprint density at radius 3 is 2.24 bits per heavy atom.